The van der Waals surface area contributed by atoms with Crippen LogP contribution < -0.4 is 14.7 Å². The molecule has 276 valence electrons. The Morgan fingerprint density at radius 2 is 0.582 bits per heavy atom. The molecule has 6 aromatic carbocycles. The van der Waals surface area contributed by atoms with Gasteiger partial charge in [-0.25, -0.2) is 0 Å². The molecule has 0 amide bonds. The summed E-state index contributed by atoms with van der Waals surface area (Å²) in [5.41, 5.74) is 18.1. The van der Waals surface area contributed by atoms with Crippen LogP contribution in [0.4, 0.5) is 17.1 Å². The molecule has 0 aliphatic rings. The van der Waals surface area contributed by atoms with E-state index in [9.17, 15) is 0 Å². The zero-order chi connectivity index (χ0) is 39.1. The number of benzene rings is 6. The van der Waals surface area contributed by atoms with E-state index < -0.39 is 0 Å². The van der Waals surface area contributed by atoms with E-state index in [2.05, 4.69) is 242 Å². The topological polar surface area (TPSA) is 9.72 Å². The summed E-state index contributed by atoms with van der Waals surface area (Å²) in [7, 11) is 12.4. The van der Waals surface area contributed by atoms with Gasteiger partial charge >= 0.3 is 0 Å². The number of hydrogen-bond acceptors (Lipinski definition) is 3. The fraction of sp³-hybridized carbons (Fsp3) is 0.173. The first-order chi connectivity index (χ1) is 26.4. The van der Waals surface area contributed by atoms with E-state index in [0.717, 1.165) is 0 Å². The molecule has 6 aromatic rings. The molecule has 0 fully saturated rings. The summed E-state index contributed by atoms with van der Waals surface area (Å²) in [6.45, 7) is 6.64. The lowest BCUT2D eigenvalue weighted by Crippen LogP contribution is -2.07. The van der Waals surface area contributed by atoms with Crippen molar-refractivity contribution in [3.63, 3.8) is 0 Å². The summed E-state index contributed by atoms with van der Waals surface area (Å²) in [5, 5.41) is 0. The number of nitrogens with zero attached hydrogens (tertiary/aromatic N) is 3. The van der Waals surface area contributed by atoms with Crippen molar-refractivity contribution in [2.75, 3.05) is 57.0 Å². The van der Waals surface area contributed by atoms with E-state index in [4.69, 9.17) is 0 Å². The lowest BCUT2D eigenvalue weighted by atomic mass is 9.82. The lowest BCUT2D eigenvalue weighted by molar-refractivity contribution is 1.13. The highest BCUT2D eigenvalue weighted by atomic mass is 15.1. The molecule has 0 saturated carbocycles. The third kappa shape index (κ3) is 9.68. The van der Waals surface area contributed by atoms with E-state index in [1.54, 1.807) is 0 Å². The first-order valence-corrected chi connectivity index (χ1v) is 19.0. The number of aryl methyl sites for hydroxylation is 3. The van der Waals surface area contributed by atoms with Gasteiger partial charge in [-0.05, 0) is 162 Å². The maximum atomic E-state index is 2.34. The molecular formula is C52H54N3+. The van der Waals surface area contributed by atoms with Crippen molar-refractivity contribution in [1.29, 1.82) is 0 Å². The Labute approximate surface area is 330 Å². The van der Waals surface area contributed by atoms with Gasteiger partial charge in [-0.3, -0.25) is 0 Å². The van der Waals surface area contributed by atoms with E-state index in [-0.39, 0.29) is 0 Å². The summed E-state index contributed by atoms with van der Waals surface area (Å²) in [6.07, 6.45) is 13.3. The van der Waals surface area contributed by atoms with Crippen molar-refractivity contribution >= 4 is 53.5 Å². The molecule has 0 atom stereocenters. The maximum Gasteiger partial charge on any atom is 0.0632 e. The molecule has 0 heterocycles. The zero-order valence-corrected chi connectivity index (χ0v) is 33.9. The average molecular weight is 721 g/mol. The molecule has 0 spiro atoms. The highest BCUT2D eigenvalue weighted by molar-refractivity contribution is 5.76. The maximum absolute atomic E-state index is 2.34. The summed E-state index contributed by atoms with van der Waals surface area (Å²) < 4.78 is 0. The Bertz CT molecular complexity index is 2040. The van der Waals surface area contributed by atoms with Gasteiger partial charge in [0.15, 0.2) is 0 Å². The third-order valence-corrected chi connectivity index (χ3v) is 10.3. The Balaban J connectivity index is 1.32. The van der Waals surface area contributed by atoms with Crippen LogP contribution in [0.25, 0.3) is 36.5 Å². The molecule has 3 nitrogen and oxygen atoms in total. The van der Waals surface area contributed by atoms with Crippen LogP contribution in [0, 0.1) is 26.7 Å². The summed E-state index contributed by atoms with van der Waals surface area (Å²) in [5.74, 6) is 1.23. The Kier molecular flexibility index (Phi) is 12.1. The monoisotopic (exact) mass is 720 g/mol. The minimum absolute atomic E-state index is 1.19. The van der Waals surface area contributed by atoms with Crippen LogP contribution in [0.2, 0.25) is 0 Å². The minimum Gasteiger partial charge on any atom is -0.378 e. The van der Waals surface area contributed by atoms with Gasteiger partial charge in [0.1, 0.15) is 0 Å². The van der Waals surface area contributed by atoms with Gasteiger partial charge in [-0.15, -0.1) is 0 Å². The quantitative estimate of drug-likeness (QED) is 0.0708. The predicted octanol–water partition coefficient (Wildman–Crippen LogP) is 12.3. The van der Waals surface area contributed by atoms with Crippen molar-refractivity contribution in [3.8, 4) is 0 Å². The molecule has 6 rings (SSSR count). The second-order valence-electron chi connectivity index (χ2n) is 15.0. The highest BCUT2D eigenvalue weighted by Crippen LogP contribution is 2.35. The largest absolute Gasteiger partial charge is 0.378 e. The molecule has 0 unspecified atom stereocenters. The predicted molar refractivity (Wildman–Crippen MR) is 243 cm³/mol. The van der Waals surface area contributed by atoms with Crippen LogP contribution in [0.15, 0.2) is 127 Å². The van der Waals surface area contributed by atoms with E-state index in [1.807, 2.05) is 0 Å². The molecule has 0 aromatic heterocycles. The number of hydrogen-bond donors (Lipinski definition) is 0. The molecule has 0 aliphatic carbocycles. The lowest BCUT2D eigenvalue weighted by Gasteiger charge is -2.17. The van der Waals surface area contributed by atoms with Gasteiger partial charge in [0.05, 0.1) is 22.6 Å². The zero-order valence-electron chi connectivity index (χ0n) is 33.9. The Hall–Kier alpha value is -6.19. The molecule has 55 heavy (non-hydrogen) atoms. The van der Waals surface area contributed by atoms with Crippen LogP contribution in [0.5, 0.6) is 0 Å². The summed E-state index contributed by atoms with van der Waals surface area (Å²) >= 11 is 0. The minimum atomic E-state index is 1.19. The van der Waals surface area contributed by atoms with E-state index in [1.165, 1.54) is 89.7 Å². The van der Waals surface area contributed by atoms with Crippen LogP contribution in [-0.4, -0.2) is 42.3 Å². The van der Waals surface area contributed by atoms with Crippen LogP contribution in [-0.2, 0) is 0 Å². The number of rotatable bonds is 12. The fourth-order valence-electron chi connectivity index (χ4n) is 6.76. The Morgan fingerprint density at radius 3 is 0.800 bits per heavy atom. The van der Waals surface area contributed by atoms with Gasteiger partial charge in [-0.2, -0.15) is 0 Å². The first-order valence-electron chi connectivity index (χ1n) is 19.0. The van der Waals surface area contributed by atoms with Crippen LogP contribution in [0.1, 0.15) is 66.8 Å². The molecule has 0 aliphatic heterocycles. The third-order valence-electron chi connectivity index (χ3n) is 10.3. The van der Waals surface area contributed by atoms with Gasteiger partial charge in [0.2, 0.25) is 0 Å². The van der Waals surface area contributed by atoms with Crippen molar-refractivity contribution in [2.24, 2.45) is 0 Å². The highest BCUT2D eigenvalue weighted by Gasteiger charge is 2.24. The summed E-state index contributed by atoms with van der Waals surface area (Å²) in [6, 6.07) is 46.6. The van der Waals surface area contributed by atoms with Crippen LogP contribution >= 0.6 is 0 Å². The second kappa shape index (κ2) is 17.3. The second-order valence-corrected chi connectivity index (χ2v) is 15.0. The molecule has 0 bridgehead atoms. The first kappa shape index (κ1) is 38.5. The number of anilines is 3. The molecular weight excluding hydrogens is 667 g/mol. The smallest absolute Gasteiger partial charge is 0.0632 e. The average Bonchev–Trinajstić information content (AvgIpc) is 3.17. The van der Waals surface area contributed by atoms with Gasteiger partial charge in [0.25, 0.3) is 0 Å². The Morgan fingerprint density at radius 1 is 0.327 bits per heavy atom. The fourth-order valence-corrected chi connectivity index (χ4v) is 6.76. The summed E-state index contributed by atoms with van der Waals surface area (Å²) in [4.78, 5) is 6.37. The van der Waals surface area contributed by atoms with Crippen molar-refractivity contribution in [1.82, 2.24) is 0 Å². The van der Waals surface area contributed by atoms with Gasteiger partial charge in [-0.1, -0.05) is 72.9 Å². The van der Waals surface area contributed by atoms with Crippen molar-refractivity contribution < 1.29 is 0 Å². The van der Waals surface area contributed by atoms with Gasteiger partial charge in [0, 0.05) is 59.3 Å². The molecule has 0 saturated heterocycles. The van der Waals surface area contributed by atoms with Gasteiger partial charge < -0.3 is 14.7 Å². The van der Waals surface area contributed by atoms with E-state index >= 15 is 0 Å². The van der Waals surface area contributed by atoms with Crippen LogP contribution in [0.3, 0.4) is 0 Å². The van der Waals surface area contributed by atoms with E-state index in [0.29, 0.717) is 0 Å². The molecule has 0 radical (unpaired) electrons. The standard InChI is InChI=1S/C52H54N3/c1-37-34-46(25-22-43(37)19-10-40-13-28-49(29-14-40)53(4)5)52(47-26-23-44(38(2)35-47)20-11-41-15-30-50(31-16-41)54(6)7)48-27-24-45(39(3)36-48)21-12-42-17-32-51(33-18-42)55(8)9/h10-36H,1-9H3/q+1/b19-10+,20-11+,21-12+. The normalized spacial score (nSPS) is 11.5. The van der Waals surface area contributed by atoms with Crippen molar-refractivity contribution in [2.45, 2.75) is 20.8 Å². The SMILES string of the molecule is Cc1cc([C+](c2ccc(/C=C/c3ccc(N(C)C)cc3)c(C)c2)c2ccc(/C=C/c3ccc(N(C)C)cc3)c(C)c2)ccc1/C=C/c1ccc(N(C)C)cc1. The molecule has 3 heteroatoms. The molecule has 0 N–H and O–H groups in total. The van der Waals surface area contributed by atoms with Crippen molar-refractivity contribution in [3.05, 3.63) is 200 Å².